The second-order valence-corrected chi connectivity index (χ2v) is 5.70. The largest absolute Gasteiger partial charge is 0.472 e. The van der Waals surface area contributed by atoms with Crippen LogP contribution in [0.25, 0.3) is 0 Å². The lowest BCUT2D eigenvalue weighted by Crippen LogP contribution is -2.24. The third kappa shape index (κ3) is 5.58. The molecule has 0 aromatic carbocycles. The molecule has 0 bridgehead atoms. The van der Waals surface area contributed by atoms with Crippen molar-refractivity contribution in [3.05, 3.63) is 24.2 Å². The summed E-state index contributed by atoms with van der Waals surface area (Å²) in [6.07, 6.45) is 3.46. The molecule has 0 aliphatic heterocycles. The molecule has 0 aliphatic rings. The average Bonchev–Trinajstić information content (AvgIpc) is 2.67. The summed E-state index contributed by atoms with van der Waals surface area (Å²) in [6, 6.07) is 2.29. The van der Waals surface area contributed by atoms with Gasteiger partial charge in [-0.2, -0.15) is 11.8 Å². The Morgan fingerprint density at radius 2 is 2.31 bits per heavy atom. The Hall–Kier alpha value is -0.450. The van der Waals surface area contributed by atoms with Gasteiger partial charge in [0.05, 0.1) is 18.1 Å². The van der Waals surface area contributed by atoms with E-state index < -0.39 is 5.60 Å². The molecular formula is C12H21NO2S. The fraction of sp³-hybridized carbons (Fsp3) is 0.667. The molecular weight excluding hydrogens is 222 g/mol. The number of furan rings is 1. The molecule has 0 aliphatic carbocycles. The first-order chi connectivity index (χ1) is 7.49. The molecule has 1 aromatic rings. The highest BCUT2D eigenvalue weighted by molar-refractivity contribution is 7.99. The van der Waals surface area contributed by atoms with E-state index in [-0.39, 0.29) is 0 Å². The molecule has 0 saturated carbocycles. The molecule has 1 aromatic heterocycles. The van der Waals surface area contributed by atoms with Crippen LogP contribution >= 0.6 is 11.8 Å². The lowest BCUT2D eigenvalue weighted by atomic mass is 10.2. The van der Waals surface area contributed by atoms with Gasteiger partial charge in [-0.05, 0) is 26.8 Å². The minimum Gasteiger partial charge on any atom is -0.472 e. The van der Waals surface area contributed by atoms with Crippen molar-refractivity contribution in [3.8, 4) is 0 Å². The predicted molar refractivity (Wildman–Crippen MR) is 68.7 cm³/mol. The van der Waals surface area contributed by atoms with Gasteiger partial charge in [0, 0.05) is 29.7 Å². The minimum absolute atomic E-state index is 0.321. The summed E-state index contributed by atoms with van der Waals surface area (Å²) in [7, 11) is 0. The van der Waals surface area contributed by atoms with Crippen LogP contribution in [0.2, 0.25) is 0 Å². The van der Waals surface area contributed by atoms with Gasteiger partial charge in [0.1, 0.15) is 0 Å². The van der Waals surface area contributed by atoms with Crippen molar-refractivity contribution in [2.45, 2.75) is 32.4 Å². The Balaban J connectivity index is 2.08. The van der Waals surface area contributed by atoms with Crippen LogP contribution in [0.3, 0.4) is 0 Å². The average molecular weight is 243 g/mol. The smallest absolute Gasteiger partial charge is 0.0950 e. The Bertz CT molecular complexity index is 280. The van der Waals surface area contributed by atoms with Crippen LogP contribution in [0.5, 0.6) is 0 Å². The Morgan fingerprint density at radius 3 is 2.88 bits per heavy atom. The third-order valence-corrected chi connectivity index (χ3v) is 3.60. The molecule has 1 rings (SSSR count). The number of hydrogen-bond acceptors (Lipinski definition) is 4. The van der Waals surface area contributed by atoms with Crippen molar-refractivity contribution in [2.75, 3.05) is 18.1 Å². The fourth-order valence-corrected chi connectivity index (χ4v) is 2.21. The zero-order valence-corrected chi connectivity index (χ0v) is 11.0. The zero-order valence-electron chi connectivity index (χ0n) is 10.2. The van der Waals surface area contributed by atoms with Crippen molar-refractivity contribution in [1.29, 1.82) is 0 Å². The van der Waals surface area contributed by atoms with E-state index in [4.69, 9.17) is 4.42 Å². The van der Waals surface area contributed by atoms with Gasteiger partial charge in [0.25, 0.3) is 0 Å². The molecule has 3 nitrogen and oxygen atoms in total. The SMILES string of the molecule is CC(NCCSCC(C)(C)O)c1ccoc1. The van der Waals surface area contributed by atoms with Crippen LogP contribution in [0, 0.1) is 0 Å². The van der Waals surface area contributed by atoms with Crippen molar-refractivity contribution < 1.29 is 9.52 Å². The first-order valence-electron chi connectivity index (χ1n) is 5.54. The quantitative estimate of drug-likeness (QED) is 0.722. The van der Waals surface area contributed by atoms with E-state index in [0.29, 0.717) is 6.04 Å². The van der Waals surface area contributed by atoms with Gasteiger partial charge in [-0.1, -0.05) is 0 Å². The van der Waals surface area contributed by atoms with Gasteiger partial charge >= 0.3 is 0 Å². The van der Waals surface area contributed by atoms with Crippen molar-refractivity contribution in [2.24, 2.45) is 0 Å². The molecule has 0 fully saturated rings. The summed E-state index contributed by atoms with van der Waals surface area (Å²) in [4.78, 5) is 0. The summed E-state index contributed by atoms with van der Waals surface area (Å²) < 4.78 is 5.03. The van der Waals surface area contributed by atoms with E-state index in [1.54, 1.807) is 24.3 Å². The molecule has 1 heterocycles. The van der Waals surface area contributed by atoms with E-state index in [2.05, 4.69) is 12.2 Å². The molecule has 1 atom stereocenters. The summed E-state index contributed by atoms with van der Waals surface area (Å²) in [5, 5.41) is 12.9. The van der Waals surface area contributed by atoms with E-state index in [0.717, 1.165) is 18.1 Å². The highest BCUT2D eigenvalue weighted by Crippen LogP contribution is 2.13. The molecule has 1 unspecified atom stereocenters. The number of hydrogen-bond donors (Lipinski definition) is 2. The first-order valence-corrected chi connectivity index (χ1v) is 6.70. The van der Waals surface area contributed by atoms with Crippen LogP contribution in [0.15, 0.2) is 23.0 Å². The Morgan fingerprint density at radius 1 is 1.56 bits per heavy atom. The highest BCUT2D eigenvalue weighted by Gasteiger charge is 2.11. The lowest BCUT2D eigenvalue weighted by molar-refractivity contribution is 0.107. The first kappa shape index (κ1) is 13.6. The second kappa shape index (κ2) is 6.33. The number of nitrogens with one attached hydrogen (secondary N) is 1. The number of aliphatic hydroxyl groups is 1. The van der Waals surface area contributed by atoms with Crippen molar-refractivity contribution in [3.63, 3.8) is 0 Å². The Labute approximate surface area is 102 Å². The predicted octanol–water partition coefficient (Wildman–Crippen LogP) is 2.43. The normalized spacial score (nSPS) is 14.0. The van der Waals surface area contributed by atoms with Gasteiger partial charge < -0.3 is 14.8 Å². The summed E-state index contributed by atoms with van der Waals surface area (Å²) >= 11 is 1.76. The molecule has 92 valence electrons. The van der Waals surface area contributed by atoms with Gasteiger partial charge in [0.2, 0.25) is 0 Å². The van der Waals surface area contributed by atoms with E-state index >= 15 is 0 Å². The molecule has 0 radical (unpaired) electrons. The number of thioether (sulfide) groups is 1. The minimum atomic E-state index is -0.569. The van der Waals surface area contributed by atoms with Crippen molar-refractivity contribution in [1.82, 2.24) is 5.32 Å². The fourth-order valence-electron chi connectivity index (χ4n) is 1.31. The van der Waals surface area contributed by atoms with E-state index in [1.807, 2.05) is 19.9 Å². The lowest BCUT2D eigenvalue weighted by Gasteiger charge is -2.17. The van der Waals surface area contributed by atoms with Crippen LogP contribution in [0.4, 0.5) is 0 Å². The molecule has 0 amide bonds. The summed E-state index contributed by atoms with van der Waals surface area (Å²) in [5.41, 5.74) is 0.605. The van der Waals surface area contributed by atoms with Crippen LogP contribution in [-0.2, 0) is 0 Å². The third-order valence-electron chi connectivity index (χ3n) is 2.20. The van der Waals surface area contributed by atoms with E-state index in [1.165, 1.54) is 5.56 Å². The second-order valence-electron chi connectivity index (χ2n) is 4.60. The van der Waals surface area contributed by atoms with Crippen molar-refractivity contribution >= 4 is 11.8 Å². The Kier molecular flexibility index (Phi) is 5.38. The summed E-state index contributed by atoms with van der Waals surface area (Å²) in [6.45, 7) is 6.72. The molecule has 2 N–H and O–H groups in total. The maximum absolute atomic E-state index is 9.52. The summed E-state index contributed by atoms with van der Waals surface area (Å²) in [5.74, 6) is 1.78. The van der Waals surface area contributed by atoms with Gasteiger partial charge in [-0.15, -0.1) is 0 Å². The van der Waals surface area contributed by atoms with E-state index in [9.17, 15) is 5.11 Å². The maximum atomic E-state index is 9.52. The highest BCUT2D eigenvalue weighted by atomic mass is 32.2. The van der Waals surface area contributed by atoms with Crippen LogP contribution < -0.4 is 5.32 Å². The standard InChI is InChI=1S/C12H21NO2S/c1-10(11-4-6-15-8-11)13-5-7-16-9-12(2,3)14/h4,6,8,10,13-14H,5,7,9H2,1-3H3. The van der Waals surface area contributed by atoms with Gasteiger partial charge in [-0.3, -0.25) is 0 Å². The van der Waals surface area contributed by atoms with Crippen LogP contribution in [0.1, 0.15) is 32.4 Å². The molecule has 0 saturated heterocycles. The monoisotopic (exact) mass is 243 g/mol. The molecule has 0 spiro atoms. The topological polar surface area (TPSA) is 45.4 Å². The molecule has 4 heteroatoms. The van der Waals surface area contributed by atoms with Gasteiger partial charge in [-0.25, -0.2) is 0 Å². The van der Waals surface area contributed by atoms with Gasteiger partial charge in [0.15, 0.2) is 0 Å². The number of rotatable bonds is 7. The van der Waals surface area contributed by atoms with Crippen LogP contribution in [-0.4, -0.2) is 28.8 Å². The maximum Gasteiger partial charge on any atom is 0.0950 e. The molecule has 16 heavy (non-hydrogen) atoms. The zero-order chi connectivity index (χ0) is 12.0.